The largest absolute Gasteiger partial charge is 0.347 e. The number of nitrogens with one attached hydrogen (secondary N) is 1. The smallest absolute Gasteiger partial charge is 0.243 e. The van der Waals surface area contributed by atoms with E-state index in [0.717, 1.165) is 18.9 Å². The number of nitrogen functional groups attached to an aromatic ring is 1. The van der Waals surface area contributed by atoms with Crippen molar-refractivity contribution in [3.05, 3.63) is 12.2 Å². The summed E-state index contributed by atoms with van der Waals surface area (Å²) in [4.78, 5) is 16.8. The van der Waals surface area contributed by atoms with E-state index in [1.165, 1.54) is 0 Å². The van der Waals surface area contributed by atoms with Gasteiger partial charge in [-0.2, -0.15) is 15.0 Å². The number of nitrogens with two attached hydrogens (primary N) is 1. The highest BCUT2D eigenvalue weighted by molar-refractivity contribution is 5.44. The summed E-state index contributed by atoms with van der Waals surface area (Å²) in [5.74, 6) is 7.77. The van der Waals surface area contributed by atoms with Gasteiger partial charge >= 0.3 is 0 Å². The molecule has 0 unspecified atom stereocenters. The van der Waals surface area contributed by atoms with Crippen LogP contribution in [-0.2, 0) is 13.1 Å². The number of rotatable bonds is 3. The standard InChI is InChI=1S/C10H16N10/c1-18(2)9-13-8(16-11)14-10(15-9)19-3-4-20-6-12-17-7(20)5-19/h6H,3-5,11H2,1-2H3,(H,13,14,15,16). The molecule has 0 saturated heterocycles. The Labute approximate surface area is 115 Å². The first-order valence-corrected chi connectivity index (χ1v) is 6.19. The minimum atomic E-state index is 0.339. The Balaban J connectivity index is 1.92. The summed E-state index contributed by atoms with van der Waals surface area (Å²) >= 11 is 0. The summed E-state index contributed by atoms with van der Waals surface area (Å²) in [5, 5.41) is 7.99. The number of aromatic nitrogens is 6. The molecule has 2 aromatic rings. The zero-order chi connectivity index (χ0) is 14.1. The van der Waals surface area contributed by atoms with Gasteiger partial charge in [0.15, 0.2) is 5.82 Å². The molecule has 10 nitrogen and oxygen atoms in total. The predicted octanol–water partition coefficient (Wildman–Crippen LogP) is -1.17. The van der Waals surface area contributed by atoms with Gasteiger partial charge in [-0.3, -0.25) is 5.43 Å². The Morgan fingerprint density at radius 1 is 1.25 bits per heavy atom. The van der Waals surface area contributed by atoms with Crippen LogP contribution in [-0.4, -0.2) is 50.4 Å². The van der Waals surface area contributed by atoms with E-state index in [9.17, 15) is 0 Å². The molecule has 10 heteroatoms. The third-order valence-electron chi connectivity index (χ3n) is 3.06. The van der Waals surface area contributed by atoms with Gasteiger partial charge in [-0.15, -0.1) is 10.2 Å². The highest BCUT2D eigenvalue weighted by atomic mass is 15.4. The molecule has 1 aliphatic heterocycles. The lowest BCUT2D eigenvalue weighted by molar-refractivity contribution is 0.551. The van der Waals surface area contributed by atoms with Crippen LogP contribution in [0.2, 0.25) is 0 Å². The number of hydrogen-bond acceptors (Lipinski definition) is 9. The fourth-order valence-electron chi connectivity index (χ4n) is 2.00. The summed E-state index contributed by atoms with van der Waals surface area (Å²) in [5.41, 5.74) is 2.47. The summed E-state index contributed by atoms with van der Waals surface area (Å²) in [6, 6.07) is 0. The molecule has 3 rings (SSSR count). The topological polar surface area (TPSA) is 114 Å². The van der Waals surface area contributed by atoms with Gasteiger partial charge in [-0.05, 0) is 0 Å². The molecule has 0 aromatic carbocycles. The highest BCUT2D eigenvalue weighted by Gasteiger charge is 2.21. The van der Waals surface area contributed by atoms with Crippen molar-refractivity contribution >= 4 is 17.8 Å². The number of fused-ring (bicyclic) bond motifs is 1. The molecule has 106 valence electrons. The Morgan fingerprint density at radius 3 is 2.85 bits per heavy atom. The maximum Gasteiger partial charge on any atom is 0.243 e. The van der Waals surface area contributed by atoms with Crippen molar-refractivity contribution in [2.75, 3.05) is 35.9 Å². The molecule has 1 aliphatic rings. The molecule has 0 atom stereocenters. The van der Waals surface area contributed by atoms with Gasteiger partial charge in [0.1, 0.15) is 6.33 Å². The average molecular weight is 276 g/mol. The average Bonchev–Trinajstić information content (AvgIpc) is 2.94. The van der Waals surface area contributed by atoms with Crippen LogP contribution in [0.15, 0.2) is 6.33 Å². The molecule has 0 spiro atoms. The first kappa shape index (κ1) is 12.5. The van der Waals surface area contributed by atoms with Crippen LogP contribution in [0.4, 0.5) is 17.8 Å². The molecule has 0 amide bonds. The van der Waals surface area contributed by atoms with Crippen LogP contribution in [0.5, 0.6) is 0 Å². The molecular weight excluding hydrogens is 260 g/mol. The van der Waals surface area contributed by atoms with E-state index in [4.69, 9.17) is 5.84 Å². The number of anilines is 3. The lowest BCUT2D eigenvalue weighted by atomic mass is 10.4. The summed E-state index contributed by atoms with van der Waals surface area (Å²) in [6.07, 6.45) is 1.73. The Morgan fingerprint density at radius 2 is 2.10 bits per heavy atom. The molecule has 3 heterocycles. The highest BCUT2D eigenvalue weighted by Crippen LogP contribution is 2.19. The molecule has 0 radical (unpaired) electrons. The molecule has 0 saturated carbocycles. The number of hydrogen-bond donors (Lipinski definition) is 2. The summed E-state index contributed by atoms with van der Waals surface area (Å²) in [7, 11) is 3.73. The lowest BCUT2D eigenvalue weighted by Gasteiger charge is -2.27. The van der Waals surface area contributed by atoms with Crippen molar-refractivity contribution in [1.82, 2.24) is 29.7 Å². The Kier molecular flexibility index (Phi) is 3.06. The van der Waals surface area contributed by atoms with E-state index < -0.39 is 0 Å². The van der Waals surface area contributed by atoms with Crippen LogP contribution in [0, 0.1) is 0 Å². The zero-order valence-electron chi connectivity index (χ0n) is 11.4. The summed E-state index contributed by atoms with van der Waals surface area (Å²) in [6.45, 7) is 2.20. The van der Waals surface area contributed by atoms with Gasteiger partial charge in [-0.1, -0.05) is 0 Å². The monoisotopic (exact) mass is 276 g/mol. The fourth-order valence-corrected chi connectivity index (χ4v) is 2.00. The molecule has 2 aromatic heterocycles. The molecule has 0 fully saturated rings. The van der Waals surface area contributed by atoms with Crippen LogP contribution < -0.4 is 21.1 Å². The van der Waals surface area contributed by atoms with Crippen molar-refractivity contribution in [3.63, 3.8) is 0 Å². The van der Waals surface area contributed by atoms with Crippen molar-refractivity contribution in [3.8, 4) is 0 Å². The third-order valence-corrected chi connectivity index (χ3v) is 3.06. The van der Waals surface area contributed by atoms with Gasteiger partial charge in [0, 0.05) is 27.2 Å². The first-order valence-electron chi connectivity index (χ1n) is 6.19. The maximum absolute atomic E-state index is 5.41. The number of nitrogens with zero attached hydrogens (tertiary/aromatic N) is 8. The Bertz CT molecular complexity index is 606. The van der Waals surface area contributed by atoms with Gasteiger partial charge in [0.25, 0.3) is 0 Å². The second kappa shape index (κ2) is 4.89. The van der Waals surface area contributed by atoms with Gasteiger partial charge in [0.05, 0.1) is 6.54 Å². The quantitative estimate of drug-likeness (QED) is 0.529. The van der Waals surface area contributed by atoms with Crippen molar-refractivity contribution < 1.29 is 0 Å². The van der Waals surface area contributed by atoms with Crippen molar-refractivity contribution in [2.24, 2.45) is 5.84 Å². The van der Waals surface area contributed by atoms with E-state index in [1.54, 1.807) is 11.2 Å². The lowest BCUT2D eigenvalue weighted by Crippen LogP contribution is -2.35. The minimum Gasteiger partial charge on any atom is -0.347 e. The van der Waals surface area contributed by atoms with E-state index in [-0.39, 0.29) is 0 Å². The molecular formula is C10H16N10. The van der Waals surface area contributed by atoms with Crippen molar-refractivity contribution in [2.45, 2.75) is 13.1 Å². The van der Waals surface area contributed by atoms with Crippen LogP contribution in [0.25, 0.3) is 0 Å². The molecule has 20 heavy (non-hydrogen) atoms. The normalized spacial score (nSPS) is 14.1. The molecule has 0 aliphatic carbocycles. The fraction of sp³-hybridized carbons (Fsp3) is 0.500. The number of hydrazine groups is 1. The Hall–Kier alpha value is -2.49. The SMILES string of the molecule is CN(C)c1nc(NN)nc(N2CCn3cnnc3C2)n1. The first-order chi connectivity index (χ1) is 9.67. The second-order valence-corrected chi connectivity index (χ2v) is 4.66. The molecule has 3 N–H and O–H groups in total. The predicted molar refractivity (Wildman–Crippen MR) is 73.0 cm³/mol. The van der Waals surface area contributed by atoms with Gasteiger partial charge < -0.3 is 14.4 Å². The second-order valence-electron chi connectivity index (χ2n) is 4.66. The van der Waals surface area contributed by atoms with Crippen LogP contribution in [0.1, 0.15) is 5.82 Å². The van der Waals surface area contributed by atoms with E-state index in [2.05, 4.69) is 30.6 Å². The van der Waals surface area contributed by atoms with Crippen molar-refractivity contribution in [1.29, 1.82) is 0 Å². The summed E-state index contributed by atoms with van der Waals surface area (Å²) < 4.78 is 2.02. The van der Waals surface area contributed by atoms with Crippen LogP contribution in [0.3, 0.4) is 0 Å². The van der Waals surface area contributed by atoms with Gasteiger partial charge in [0.2, 0.25) is 17.8 Å². The van der Waals surface area contributed by atoms with Gasteiger partial charge in [-0.25, -0.2) is 5.84 Å². The molecule has 0 bridgehead atoms. The zero-order valence-corrected chi connectivity index (χ0v) is 11.4. The van der Waals surface area contributed by atoms with E-state index >= 15 is 0 Å². The third kappa shape index (κ3) is 2.20. The van der Waals surface area contributed by atoms with Crippen LogP contribution >= 0.6 is 0 Å². The van der Waals surface area contributed by atoms with E-state index in [1.807, 2.05) is 23.6 Å². The minimum absolute atomic E-state index is 0.339. The maximum atomic E-state index is 5.41. The van der Waals surface area contributed by atoms with E-state index in [0.29, 0.717) is 24.4 Å².